The first kappa shape index (κ1) is 32.1. The van der Waals surface area contributed by atoms with Crippen molar-refractivity contribution in [1.29, 1.82) is 0 Å². The van der Waals surface area contributed by atoms with Crippen molar-refractivity contribution in [2.45, 2.75) is 13.1 Å². The first-order valence-corrected chi connectivity index (χ1v) is 14.8. The summed E-state index contributed by atoms with van der Waals surface area (Å²) in [5, 5.41) is 7.26. The van der Waals surface area contributed by atoms with Gasteiger partial charge in [0.1, 0.15) is 0 Å². The number of pyridine rings is 1. The van der Waals surface area contributed by atoms with Crippen molar-refractivity contribution in [3.05, 3.63) is 83.3 Å². The number of alkyl halides is 3. The average molecular weight is 625 g/mol. The Bertz CT molecular complexity index is 1530. The normalized spacial score (nSPS) is 16.5. The lowest BCUT2D eigenvalue weighted by Crippen LogP contribution is -2.44. The van der Waals surface area contributed by atoms with Gasteiger partial charge in [0.05, 0.1) is 42.0 Å². The highest BCUT2D eigenvalue weighted by Crippen LogP contribution is 2.35. The number of hydrogen-bond acceptors (Lipinski definition) is 9. The Hall–Kier alpha value is -4.33. The van der Waals surface area contributed by atoms with E-state index < -0.39 is 17.6 Å². The van der Waals surface area contributed by atoms with Crippen LogP contribution in [0.3, 0.4) is 0 Å². The SMILES string of the molecule is CN/C(=C\N(N)c1cc(C(=O)Nc2cc(N3CCN(C)CC3)cc(C(F)(F)F)c2)ccc1C)c1cncc(N2CCOCC2)c1. The second-order valence-electron chi connectivity index (χ2n) is 11.2. The van der Waals surface area contributed by atoms with E-state index in [-0.39, 0.29) is 11.3 Å². The molecule has 2 aromatic carbocycles. The Kier molecular flexibility index (Phi) is 9.80. The van der Waals surface area contributed by atoms with Gasteiger partial charge >= 0.3 is 6.18 Å². The molecule has 2 fully saturated rings. The summed E-state index contributed by atoms with van der Waals surface area (Å²) in [6.07, 6.45) is 0.697. The minimum absolute atomic E-state index is 0.0699. The van der Waals surface area contributed by atoms with Gasteiger partial charge in [0.2, 0.25) is 0 Å². The summed E-state index contributed by atoms with van der Waals surface area (Å²) in [5.74, 6) is 5.95. The number of aryl methyl sites for hydroxylation is 1. The number of benzene rings is 2. The van der Waals surface area contributed by atoms with Crippen molar-refractivity contribution in [2.24, 2.45) is 5.84 Å². The molecular formula is C32H39F3N8O2. The van der Waals surface area contributed by atoms with Gasteiger partial charge in [-0.15, -0.1) is 0 Å². The molecule has 0 bridgehead atoms. The second-order valence-corrected chi connectivity index (χ2v) is 11.2. The lowest BCUT2D eigenvalue weighted by atomic mass is 10.1. The van der Waals surface area contributed by atoms with Crippen molar-refractivity contribution in [1.82, 2.24) is 15.2 Å². The molecule has 3 aromatic rings. The van der Waals surface area contributed by atoms with E-state index in [4.69, 9.17) is 10.6 Å². The molecule has 2 aliphatic heterocycles. The van der Waals surface area contributed by atoms with E-state index in [0.29, 0.717) is 43.4 Å². The molecule has 2 saturated heterocycles. The number of halogens is 3. The zero-order valence-electron chi connectivity index (χ0n) is 25.7. The largest absolute Gasteiger partial charge is 0.416 e. The van der Waals surface area contributed by atoms with E-state index in [1.807, 2.05) is 31.1 Å². The summed E-state index contributed by atoms with van der Waals surface area (Å²) in [6.45, 7) is 7.38. The Balaban J connectivity index is 1.37. The Labute approximate surface area is 261 Å². The van der Waals surface area contributed by atoms with Crippen molar-refractivity contribution in [3.8, 4) is 0 Å². The maximum atomic E-state index is 13.8. The number of nitrogens with one attached hydrogen (secondary N) is 2. The Morgan fingerprint density at radius 2 is 1.67 bits per heavy atom. The van der Waals surface area contributed by atoms with Gasteiger partial charge in [-0.2, -0.15) is 13.2 Å². The number of nitrogens with two attached hydrogens (primary N) is 1. The number of hydrazine groups is 1. The van der Waals surface area contributed by atoms with E-state index in [2.05, 4.69) is 25.4 Å². The zero-order chi connectivity index (χ0) is 32.1. The highest BCUT2D eigenvalue weighted by Gasteiger charge is 2.32. The van der Waals surface area contributed by atoms with Crippen molar-refractivity contribution >= 4 is 34.4 Å². The minimum Gasteiger partial charge on any atom is -0.386 e. The summed E-state index contributed by atoms with van der Waals surface area (Å²) in [7, 11) is 3.76. The molecule has 4 N–H and O–H groups in total. The molecule has 0 atom stereocenters. The number of rotatable bonds is 8. The van der Waals surface area contributed by atoms with E-state index in [1.54, 1.807) is 43.7 Å². The van der Waals surface area contributed by atoms with Gasteiger partial charge in [0, 0.05) is 81.2 Å². The lowest BCUT2D eigenvalue weighted by Gasteiger charge is -2.34. The van der Waals surface area contributed by atoms with Gasteiger partial charge in [-0.25, -0.2) is 5.84 Å². The minimum atomic E-state index is -4.56. The van der Waals surface area contributed by atoms with Crippen molar-refractivity contribution in [2.75, 3.05) is 86.7 Å². The number of likely N-dealkylation sites (N-methyl/N-ethyl adjacent to an activating group) is 1. The Morgan fingerprint density at radius 1 is 0.956 bits per heavy atom. The second kappa shape index (κ2) is 13.8. The highest BCUT2D eigenvalue weighted by molar-refractivity contribution is 6.05. The summed E-state index contributed by atoms with van der Waals surface area (Å²) in [6, 6.07) is 10.7. The van der Waals surface area contributed by atoms with E-state index in [0.717, 1.165) is 55.1 Å². The maximum absolute atomic E-state index is 13.8. The van der Waals surface area contributed by atoms with Gasteiger partial charge in [0.25, 0.3) is 5.91 Å². The van der Waals surface area contributed by atoms with Crippen LogP contribution >= 0.6 is 0 Å². The molecule has 45 heavy (non-hydrogen) atoms. The molecular weight excluding hydrogens is 585 g/mol. The maximum Gasteiger partial charge on any atom is 0.416 e. The predicted molar refractivity (Wildman–Crippen MR) is 171 cm³/mol. The molecule has 1 amide bonds. The van der Waals surface area contributed by atoms with Crippen LogP contribution in [0.25, 0.3) is 5.70 Å². The van der Waals surface area contributed by atoms with Crippen LogP contribution in [-0.4, -0.2) is 82.4 Å². The summed E-state index contributed by atoms with van der Waals surface area (Å²) in [4.78, 5) is 24.0. The van der Waals surface area contributed by atoms with Gasteiger partial charge in [-0.3, -0.25) is 14.8 Å². The van der Waals surface area contributed by atoms with Crippen LogP contribution in [0.15, 0.2) is 61.1 Å². The Morgan fingerprint density at radius 3 is 2.36 bits per heavy atom. The number of ether oxygens (including phenoxy) is 1. The molecule has 0 aliphatic carbocycles. The molecule has 0 spiro atoms. The summed E-state index contributed by atoms with van der Waals surface area (Å²) < 4.78 is 46.9. The molecule has 240 valence electrons. The van der Waals surface area contributed by atoms with Crippen molar-refractivity contribution in [3.63, 3.8) is 0 Å². The molecule has 3 heterocycles. The number of nitrogens with zero attached hydrogens (tertiary/aromatic N) is 5. The predicted octanol–water partition coefficient (Wildman–Crippen LogP) is 4.15. The molecule has 10 nitrogen and oxygen atoms in total. The first-order valence-electron chi connectivity index (χ1n) is 14.8. The number of morpholine rings is 1. The third-order valence-electron chi connectivity index (χ3n) is 8.07. The van der Waals surface area contributed by atoms with Gasteiger partial charge in [-0.05, 0) is 55.9 Å². The quantitative estimate of drug-likeness (QED) is 0.252. The van der Waals surface area contributed by atoms with Gasteiger partial charge in [-0.1, -0.05) is 6.07 Å². The molecule has 13 heteroatoms. The van der Waals surface area contributed by atoms with Crippen LogP contribution in [0.1, 0.15) is 27.0 Å². The molecule has 2 aliphatic rings. The number of amides is 1. The first-order chi connectivity index (χ1) is 21.5. The highest BCUT2D eigenvalue weighted by atomic mass is 19.4. The molecule has 0 radical (unpaired) electrons. The number of carbonyl (C=O) groups is 1. The number of hydrogen-bond donors (Lipinski definition) is 3. The number of aromatic nitrogens is 1. The molecule has 1 aromatic heterocycles. The van der Waals surface area contributed by atoms with E-state index in [9.17, 15) is 18.0 Å². The van der Waals surface area contributed by atoms with Crippen LogP contribution in [-0.2, 0) is 10.9 Å². The van der Waals surface area contributed by atoms with Crippen molar-refractivity contribution < 1.29 is 22.7 Å². The van der Waals surface area contributed by atoms with Crippen LogP contribution in [0.4, 0.5) is 35.9 Å². The van der Waals surface area contributed by atoms with Gasteiger partial charge in [0.15, 0.2) is 0 Å². The van der Waals surface area contributed by atoms with E-state index >= 15 is 0 Å². The van der Waals surface area contributed by atoms with Gasteiger partial charge < -0.3 is 30.1 Å². The third-order valence-corrected chi connectivity index (χ3v) is 8.07. The van der Waals surface area contributed by atoms with Crippen LogP contribution in [0, 0.1) is 6.92 Å². The zero-order valence-corrected chi connectivity index (χ0v) is 25.7. The fourth-order valence-electron chi connectivity index (χ4n) is 5.39. The smallest absolute Gasteiger partial charge is 0.386 e. The number of anilines is 4. The lowest BCUT2D eigenvalue weighted by molar-refractivity contribution is -0.137. The van der Waals surface area contributed by atoms with Crippen LogP contribution in [0.2, 0.25) is 0 Å². The topological polar surface area (TPSA) is 102 Å². The number of piperazine rings is 1. The molecule has 0 saturated carbocycles. The van der Waals surface area contributed by atoms with E-state index in [1.165, 1.54) is 5.01 Å². The number of carbonyl (C=O) groups excluding carboxylic acids is 1. The standard InChI is InChI=1S/C32H39F3N8O2/c1-22-4-5-23(31(44)39-26-16-25(32(33,34)35)17-27(18-26)41-8-6-40(3)7-9-41)15-30(22)43(36)21-29(37-2)24-14-28(20-38-19-24)42-10-12-45-13-11-42/h4-5,14-21,37H,6-13,36H2,1-3H3,(H,39,44)/b29-21-. The monoisotopic (exact) mass is 624 g/mol. The van der Waals surface area contributed by atoms with Crippen LogP contribution < -0.4 is 31.3 Å². The molecule has 5 rings (SSSR count). The fourth-order valence-corrected chi connectivity index (χ4v) is 5.39. The molecule has 0 unspecified atom stereocenters. The average Bonchev–Trinajstić information content (AvgIpc) is 3.04. The summed E-state index contributed by atoms with van der Waals surface area (Å²) >= 11 is 0. The fraction of sp³-hybridized carbons (Fsp3) is 0.375. The summed E-state index contributed by atoms with van der Waals surface area (Å²) in [5.41, 5.74) is 3.78. The third kappa shape index (κ3) is 7.85. The van der Waals surface area contributed by atoms with Crippen LogP contribution in [0.5, 0.6) is 0 Å².